The number of piperazine rings is 1. The first-order chi connectivity index (χ1) is 10.1. The molecule has 1 aromatic carbocycles. The maximum Gasteiger partial charge on any atom is 0.259 e. The number of hydrogen-bond donors (Lipinski definition) is 0. The summed E-state index contributed by atoms with van der Waals surface area (Å²) in [5, 5.41) is 0. The monoisotopic (exact) mass is 285 g/mol. The van der Waals surface area contributed by atoms with Gasteiger partial charge in [-0.1, -0.05) is 24.8 Å². The first-order valence-corrected chi connectivity index (χ1v) is 7.14. The van der Waals surface area contributed by atoms with Gasteiger partial charge in [-0.05, 0) is 13.1 Å². The van der Waals surface area contributed by atoms with Gasteiger partial charge < -0.3 is 9.80 Å². The number of fused-ring (bicyclic) bond motifs is 1. The predicted molar refractivity (Wildman–Crippen MR) is 80.6 cm³/mol. The Kier molecular flexibility index (Phi) is 3.51. The van der Waals surface area contributed by atoms with Crippen LogP contribution < -0.4 is 0 Å². The summed E-state index contributed by atoms with van der Waals surface area (Å²) in [7, 11) is 2.05. The van der Waals surface area contributed by atoms with Crippen molar-refractivity contribution in [3.63, 3.8) is 0 Å². The highest BCUT2D eigenvalue weighted by atomic mass is 16.2. The molecule has 2 aliphatic heterocycles. The number of benzene rings is 1. The van der Waals surface area contributed by atoms with Crippen molar-refractivity contribution in [1.82, 2.24) is 14.7 Å². The summed E-state index contributed by atoms with van der Waals surface area (Å²) in [5.74, 6) is -0.136. The Morgan fingerprint density at radius 2 is 1.76 bits per heavy atom. The van der Waals surface area contributed by atoms with Crippen LogP contribution >= 0.6 is 0 Å². The Hall–Kier alpha value is -2.14. The van der Waals surface area contributed by atoms with Gasteiger partial charge in [0.15, 0.2) is 0 Å². The summed E-state index contributed by atoms with van der Waals surface area (Å²) in [5.41, 5.74) is 2.08. The van der Waals surface area contributed by atoms with Gasteiger partial charge in [-0.3, -0.25) is 14.5 Å². The molecule has 0 saturated carbocycles. The molecule has 0 bridgehead atoms. The van der Waals surface area contributed by atoms with Gasteiger partial charge in [0.25, 0.3) is 5.91 Å². The minimum atomic E-state index is -0.127. The zero-order chi connectivity index (χ0) is 15.0. The van der Waals surface area contributed by atoms with Gasteiger partial charge in [0.05, 0.1) is 0 Å². The van der Waals surface area contributed by atoms with Crippen LogP contribution in [-0.4, -0.2) is 66.3 Å². The van der Waals surface area contributed by atoms with Gasteiger partial charge in [-0.2, -0.15) is 0 Å². The van der Waals surface area contributed by atoms with Crippen LogP contribution in [0.3, 0.4) is 0 Å². The number of nitrogens with zero attached hydrogens (tertiary/aromatic N) is 3. The highest BCUT2D eigenvalue weighted by Gasteiger charge is 2.33. The lowest BCUT2D eigenvalue weighted by Gasteiger charge is -2.33. The summed E-state index contributed by atoms with van der Waals surface area (Å²) >= 11 is 0. The number of hydrogen-bond acceptors (Lipinski definition) is 3. The van der Waals surface area contributed by atoms with Crippen LogP contribution in [-0.2, 0) is 4.79 Å². The smallest absolute Gasteiger partial charge is 0.259 e. The van der Waals surface area contributed by atoms with Crippen molar-refractivity contribution in [1.29, 1.82) is 0 Å². The van der Waals surface area contributed by atoms with E-state index in [-0.39, 0.29) is 18.4 Å². The molecule has 3 rings (SSSR count). The van der Waals surface area contributed by atoms with E-state index in [1.54, 1.807) is 6.07 Å². The van der Waals surface area contributed by atoms with Crippen LogP contribution in [0, 0.1) is 0 Å². The van der Waals surface area contributed by atoms with Crippen molar-refractivity contribution >= 4 is 17.5 Å². The molecular weight excluding hydrogens is 266 g/mol. The molecule has 0 N–H and O–H groups in total. The van der Waals surface area contributed by atoms with Gasteiger partial charge in [0.2, 0.25) is 5.91 Å². The molecule has 0 spiro atoms. The van der Waals surface area contributed by atoms with Gasteiger partial charge in [0.1, 0.15) is 6.54 Å². The highest BCUT2D eigenvalue weighted by Crippen LogP contribution is 2.30. The quantitative estimate of drug-likeness (QED) is 0.810. The molecule has 0 aliphatic carbocycles. The average molecular weight is 285 g/mol. The lowest BCUT2D eigenvalue weighted by Crippen LogP contribution is -2.50. The first kappa shape index (κ1) is 13.8. The minimum absolute atomic E-state index is 0.00888. The van der Waals surface area contributed by atoms with Crippen molar-refractivity contribution in [3.05, 3.63) is 42.0 Å². The molecule has 5 nitrogen and oxygen atoms in total. The molecule has 110 valence electrons. The van der Waals surface area contributed by atoms with E-state index in [1.165, 1.54) is 4.90 Å². The molecule has 2 heterocycles. The fourth-order valence-electron chi connectivity index (χ4n) is 2.79. The first-order valence-electron chi connectivity index (χ1n) is 7.14. The lowest BCUT2D eigenvalue weighted by molar-refractivity contribution is -0.132. The number of rotatable bonds is 2. The third-order valence-electron chi connectivity index (χ3n) is 4.19. The number of likely N-dealkylation sites (N-methyl/N-ethyl adjacent to an activating group) is 1. The zero-order valence-corrected chi connectivity index (χ0v) is 12.2. The fraction of sp³-hybridized carbons (Fsp3) is 0.375. The number of carbonyl (C=O) groups excluding carboxylic acids is 2. The standard InChI is InChI=1S/C16H19N3O2/c1-12-13-5-3-4-6-14(13)16(21)19(12)11-15(20)18-9-7-17(2)8-10-18/h3-6H,1,7-11H2,2H3. The predicted octanol–water partition coefficient (Wildman–Crippen LogP) is 0.887. The van der Waals surface area contributed by atoms with Gasteiger partial charge in [0, 0.05) is 43.0 Å². The highest BCUT2D eigenvalue weighted by molar-refractivity contribution is 6.10. The average Bonchev–Trinajstić information content (AvgIpc) is 2.73. The van der Waals surface area contributed by atoms with Crippen molar-refractivity contribution in [2.75, 3.05) is 39.8 Å². The summed E-state index contributed by atoms with van der Waals surface area (Å²) in [6, 6.07) is 7.36. The normalized spacial score (nSPS) is 19.1. The van der Waals surface area contributed by atoms with Gasteiger partial charge in [-0.15, -0.1) is 0 Å². The summed E-state index contributed by atoms with van der Waals surface area (Å²) in [6.45, 7) is 7.23. The van der Waals surface area contributed by atoms with Crippen LogP contribution in [0.1, 0.15) is 15.9 Å². The van der Waals surface area contributed by atoms with Gasteiger partial charge in [-0.25, -0.2) is 0 Å². The van der Waals surface area contributed by atoms with Crippen LogP contribution in [0.4, 0.5) is 0 Å². The Balaban J connectivity index is 1.70. The Bertz CT molecular complexity index is 568. The maximum atomic E-state index is 12.4. The van der Waals surface area contributed by atoms with E-state index in [4.69, 9.17) is 0 Å². The Morgan fingerprint density at radius 3 is 2.38 bits per heavy atom. The molecule has 2 aliphatic rings. The molecule has 1 saturated heterocycles. The number of carbonyl (C=O) groups is 2. The van der Waals surface area contributed by atoms with Crippen molar-refractivity contribution in [3.8, 4) is 0 Å². The van der Waals surface area contributed by atoms with Crippen LogP contribution in [0.2, 0.25) is 0 Å². The molecule has 1 aromatic rings. The van der Waals surface area contributed by atoms with E-state index >= 15 is 0 Å². The molecule has 1 fully saturated rings. The molecule has 0 aromatic heterocycles. The third kappa shape index (κ3) is 2.45. The van der Waals surface area contributed by atoms with Crippen LogP contribution in [0.5, 0.6) is 0 Å². The van der Waals surface area contributed by atoms with E-state index in [1.807, 2.05) is 30.1 Å². The number of amides is 2. The van der Waals surface area contributed by atoms with Crippen molar-refractivity contribution in [2.24, 2.45) is 0 Å². The summed E-state index contributed by atoms with van der Waals surface area (Å²) in [6.07, 6.45) is 0. The molecule has 0 radical (unpaired) electrons. The van der Waals surface area contributed by atoms with E-state index < -0.39 is 0 Å². The van der Waals surface area contributed by atoms with Crippen molar-refractivity contribution in [2.45, 2.75) is 0 Å². The molecule has 0 atom stereocenters. The van der Waals surface area contributed by atoms with Crippen LogP contribution in [0.15, 0.2) is 30.8 Å². The summed E-state index contributed by atoms with van der Waals surface area (Å²) < 4.78 is 0. The molecule has 21 heavy (non-hydrogen) atoms. The Morgan fingerprint density at radius 1 is 1.14 bits per heavy atom. The van der Waals surface area contributed by atoms with E-state index in [2.05, 4.69) is 11.5 Å². The van der Waals surface area contributed by atoms with Crippen LogP contribution in [0.25, 0.3) is 5.70 Å². The van der Waals surface area contributed by atoms with Gasteiger partial charge >= 0.3 is 0 Å². The fourth-order valence-corrected chi connectivity index (χ4v) is 2.79. The zero-order valence-electron chi connectivity index (χ0n) is 12.2. The second-order valence-electron chi connectivity index (χ2n) is 5.57. The molecule has 5 heteroatoms. The van der Waals surface area contributed by atoms with Crippen molar-refractivity contribution < 1.29 is 9.59 Å². The second-order valence-corrected chi connectivity index (χ2v) is 5.57. The lowest BCUT2D eigenvalue weighted by atomic mass is 10.1. The Labute approximate surface area is 124 Å². The minimum Gasteiger partial charge on any atom is -0.339 e. The molecular formula is C16H19N3O2. The topological polar surface area (TPSA) is 43.9 Å². The largest absolute Gasteiger partial charge is 0.339 e. The molecule has 0 unspecified atom stereocenters. The van der Waals surface area contributed by atoms with E-state index in [0.29, 0.717) is 11.3 Å². The maximum absolute atomic E-state index is 12.4. The second kappa shape index (κ2) is 5.33. The molecule has 2 amide bonds. The third-order valence-corrected chi connectivity index (χ3v) is 4.19. The van der Waals surface area contributed by atoms with E-state index in [9.17, 15) is 9.59 Å². The SMILES string of the molecule is C=C1c2ccccc2C(=O)N1CC(=O)N1CCN(C)CC1. The van der Waals surface area contributed by atoms with E-state index in [0.717, 1.165) is 31.7 Å². The summed E-state index contributed by atoms with van der Waals surface area (Å²) in [4.78, 5) is 30.2.